The highest BCUT2D eigenvalue weighted by Crippen LogP contribution is 2.15. The summed E-state index contributed by atoms with van der Waals surface area (Å²) >= 11 is 1.39. The third-order valence-corrected chi connectivity index (χ3v) is 5.36. The molecule has 5 nitrogen and oxygen atoms in total. The number of aryl methyl sites for hydroxylation is 2. The highest BCUT2D eigenvalue weighted by atomic mass is 32.1. The maximum Gasteiger partial charge on any atom is 0.254 e. The van der Waals surface area contributed by atoms with Gasteiger partial charge >= 0.3 is 0 Å². The number of aromatic nitrogens is 1. The second-order valence-electron chi connectivity index (χ2n) is 7.55. The van der Waals surface area contributed by atoms with Crippen LogP contribution in [0.3, 0.4) is 0 Å². The lowest BCUT2D eigenvalue weighted by Crippen LogP contribution is -2.39. The Kier molecular flexibility index (Phi) is 8.64. The fourth-order valence-electron chi connectivity index (χ4n) is 2.79. The predicted octanol–water partition coefficient (Wildman–Crippen LogP) is 4.92. The Morgan fingerprint density at radius 1 is 1.21 bits per heavy atom. The van der Waals surface area contributed by atoms with Gasteiger partial charge in [0.05, 0.1) is 5.69 Å². The van der Waals surface area contributed by atoms with Gasteiger partial charge in [-0.2, -0.15) is 0 Å². The average molecular weight is 402 g/mol. The fourth-order valence-corrected chi connectivity index (χ4v) is 3.49. The Balaban J connectivity index is 2.05. The standard InChI is InChI=1S/C22H31N3O2S/c1-5-6-7-18-8-10-19(11-9-18)21(27)25(13-12-16(2)3)14-20(26)24-22-23-17(4)15-28-22/h8-11,15-16H,5-7,12-14H2,1-4H3,(H,23,24,26). The van der Waals surface area contributed by atoms with Crippen LogP contribution in [0.4, 0.5) is 5.13 Å². The summed E-state index contributed by atoms with van der Waals surface area (Å²) < 4.78 is 0. The molecule has 2 rings (SSSR count). The molecule has 0 saturated heterocycles. The Bertz CT molecular complexity index is 768. The lowest BCUT2D eigenvalue weighted by atomic mass is 10.1. The van der Waals surface area contributed by atoms with Crippen molar-refractivity contribution in [2.45, 2.75) is 53.4 Å². The molecule has 0 bridgehead atoms. The number of rotatable bonds is 10. The number of hydrogen-bond acceptors (Lipinski definition) is 4. The number of unbranched alkanes of at least 4 members (excludes halogenated alkanes) is 1. The summed E-state index contributed by atoms with van der Waals surface area (Å²) in [6.07, 6.45) is 4.17. The number of thiazole rings is 1. The van der Waals surface area contributed by atoms with E-state index >= 15 is 0 Å². The summed E-state index contributed by atoms with van der Waals surface area (Å²) in [5.74, 6) is 0.135. The molecule has 0 aliphatic rings. The van der Waals surface area contributed by atoms with Gasteiger partial charge in [0.15, 0.2) is 5.13 Å². The molecule has 0 atom stereocenters. The van der Waals surface area contributed by atoms with E-state index in [9.17, 15) is 9.59 Å². The molecule has 1 aromatic carbocycles. The number of carbonyl (C=O) groups is 2. The summed E-state index contributed by atoms with van der Waals surface area (Å²) in [7, 11) is 0. The molecule has 0 unspecified atom stereocenters. The van der Waals surface area contributed by atoms with Crippen LogP contribution in [0.2, 0.25) is 0 Å². The zero-order chi connectivity index (χ0) is 20.5. The SMILES string of the molecule is CCCCc1ccc(C(=O)N(CCC(C)C)CC(=O)Nc2nc(C)cs2)cc1. The highest BCUT2D eigenvalue weighted by Gasteiger charge is 2.20. The number of hydrogen-bond donors (Lipinski definition) is 1. The van der Waals surface area contributed by atoms with E-state index in [4.69, 9.17) is 0 Å². The molecule has 2 amide bonds. The van der Waals surface area contributed by atoms with Crippen LogP contribution in [0, 0.1) is 12.8 Å². The van der Waals surface area contributed by atoms with Crippen LogP contribution in [-0.2, 0) is 11.2 Å². The van der Waals surface area contributed by atoms with Crippen molar-refractivity contribution in [1.82, 2.24) is 9.88 Å². The Labute approximate surface area is 172 Å². The first-order chi connectivity index (χ1) is 13.4. The number of nitrogens with one attached hydrogen (secondary N) is 1. The third-order valence-electron chi connectivity index (χ3n) is 4.48. The third kappa shape index (κ3) is 7.08. The van der Waals surface area contributed by atoms with Crippen molar-refractivity contribution in [3.8, 4) is 0 Å². The summed E-state index contributed by atoms with van der Waals surface area (Å²) in [6.45, 7) is 8.87. The summed E-state index contributed by atoms with van der Waals surface area (Å²) in [4.78, 5) is 31.3. The van der Waals surface area contributed by atoms with Crippen LogP contribution < -0.4 is 5.32 Å². The van der Waals surface area contributed by atoms with Gasteiger partial charge in [0, 0.05) is 17.5 Å². The van der Waals surface area contributed by atoms with E-state index in [2.05, 4.69) is 31.1 Å². The number of carbonyl (C=O) groups excluding carboxylic acids is 2. The molecule has 1 N–H and O–H groups in total. The van der Waals surface area contributed by atoms with Gasteiger partial charge in [-0.25, -0.2) is 4.98 Å². The molecule has 0 spiro atoms. The predicted molar refractivity (Wildman–Crippen MR) is 116 cm³/mol. The minimum Gasteiger partial charge on any atom is -0.329 e. The van der Waals surface area contributed by atoms with Crippen molar-refractivity contribution in [2.24, 2.45) is 5.92 Å². The quantitative estimate of drug-likeness (QED) is 0.614. The van der Waals surface area contributed by atoms with Gasteiger partial charge in [-0.3, -0.25) is 9.59 Å². The van der Waals surface area contributed by atoms with Gasteiger partial charge in [-0.05, 0) is 49.8 Å². The molecule has 1 aromatic heterocycles. The smallest absolute Gasteiger partial charge is 0.254 e. The van der Waals surface area contributed by atoms with E-state index in [0.717, 1.165) is 31.4 Å². The van der Waals surface area contributed by atoms with Gasteiger partial charge in [0.2, 0.25) is 5.91 Å². The highest BCUT2D eigenvalue weighted by molar-refractivity contribution is 7.13. The van der Waals surface area contributed by atoms with Gasteiger partial charge in [0.1, 0.15) is 6.54 Å². The van der Waals surface area contributed by atoms with Crippen molar-refractivity contribution >= 4 is 28.3 Å². The molecular weight excluding hydrogens is 370 g/mol. The zero-order valence-corrected chi connectivity index (χ0v) is 18.1. The topological polar surface area (TPSA) is 62.3 Å². The van der Waals surface area contributed by atoms with E-state index in [-0.39, 0.29) is 18.4 Å². The van der Waals surface area contributed by atoms with Crippen molar-refractivity contribution in [1.29, 1.82) is 0 Å². The normalized spacial score (nSPS) is 10.9. The first-order valence-electron chi connectivity index (χ1n) is 9.99. The zero-order valence-electron chi connectivity index (χ0n) is 17.3. The molecular formula is C22H31N3O2S. The Morgan fingerprint density at radius 3 is 2.50 bits per heavy atom. The molecule has 2 aromatic rings. The Hall–Kier alpha value is -2.21. The van der Waals surface area contributed by atoms with Crippen LogP contribution in [0.5, 0.6) is 0 Å². The minimum atomic E-state index is -0.217. The van der Waals surface area contributed by atoms with Crippen LogP contribution in [-0.4, -0.2) is 34.8 Å². The number of benzene rings is 1. The van der Waals surface area contributed by atoms with Crippen LogP contribution >= 0.6 is 11.3 Å². The molecule has 0 radical (unpaired) electrons. The molecule has 152 valence electrons. The molecule has 28 heavy (non-hydrogen) atoms. The maximum atomic E-state index is 13.0. The van der Waals surface area contributed by atoms with Crippen molar-refractivity contribution in [3.05, 3.63) is 46.5 Å². The van der Waals surface area contributed by atoms with Crippen LogP contribution in [0.1, 0.15) is 61.6 Å². The van der Waals surface area contributed by atoms with E-state index in [0.29, 0.717) is 23.2 Å². The molecule has 0 aliphatic heterocycles. The molecule has 1 heterocycles. The van der Waals surface area contributed by atoms with Crippen LogP contribution in [0.25, 0.3) is 0 Å². The second-order valence-corrected chi connectivity index (χ2v) is 8.41. The summed E-state index contributed by atoms with van der Waals surface area (Å²) in [6, 6.07) is 7.78. The monoisotopic (exact) mass is 401 g/mol. The fraction of sp³-hybridized carbons (Fsp3) is 0.500. The van der Waals surface area contributed by atoms with Gasteiger partial charge in [-0.1, -0.05) is 39.3 Å². The van der Waals surface area contributed by atoms with E-state index < -0.39 is 0 Å². The number of nitrogens with zero attached hydrogens (tertiary/aromatic N) is 2. The largest absolute Gasteiger partial charge is 0.329 e. The number of amides is 2. The number of anilines is 1. The van der Waals surface area contributed by atoms with Gasteiger partial charge in [0.25, 0.3) is 5.91 Å². The first kappa shape index (κ1) is 22.1. The van der Waals surface area contributed by atoms with Crippen molar-refractivity contribution in [2.75, 3.05) is 18.4 Å². The molecule has 0 aliphatic carbocycles. The molecule has 0 fully saturated rings. The minimum absolute atomic E-state index is 0.0295. The van der Waals surface area contributed by atoms with Crippen LogP contribution in [0.15, 0.2) is 29.6 Å². The van der Waals surface area contributed by atoms with Crippen molar-refractivity contribution in [3.63, 3.8) is 0 Å². The van der Waals surface area contributed by atoms with E-state index in [1.165, 1.54) is 16.9 Å². The first-order valence-corrected chi connectivity index (χ1v) is 10.9. The van der Waals surface area contributed by atoms with E-state index in [1.54, 1.807) is 4.90 Å². The van der Waals surface area contributed by atoms with E-state index in [1.807, 2.05) is 36.6 Å². The maximum absolute atomic E-state index is 13.0. The summed E-state index contributed by atoms with van der Waals surface area (Å²) in [5.41, 5.74) is 2.74. The average Bonchev–Trinajstić information content (AvgIpc) is 3.07. The van der Waals surface area contributed by atoms with Crippen molar-refractivity contribution < 1.29 is 9.59 Å². The lowest BCUT2D eigenvalue weighted by molar-refractivity contribution is -0.116. The summed E-state index contributed by atoms with van der Waals surface area (Å²) in [5, 5.41) is 5.25. The molecule has 0 saturated carbocycles. The lowest BCUT2D eigenvalue weighted by Gasteiger charge is -2.23. The molecule has 6 heteroatoms. The van der Waals surface area contributed by atoms with Gasteiger partial charge in [-0.15, -0.1) is 11.3 Å². The van der Waals surface area contributed by atoms with Gasteiger partial charge < -0.3 is 10.2 Å². The Morgan fingerprint density at radius 2 is 1.93 bits per heavy atom. The second kappa shape index (κ2) is 11.0.